The highest BCUT2D eigenvalue weighted by atomic mass is 35.5. The van der Waals surface area contributed by atoms with E-state index in [1.54, 1.807) is 13.8 Å². The molecule has 102 valence electrons. The Morgan fingerprint density at radius 1 is 1.44 bits per heavy atom. The Kier molecular flexibility index (Phi) is 4.61. The molecule has 0 fully saturated rings. The summed E-state index contributed by atoms with van der Waals surface area (Å²) in [5, 5.41) is 9.38. The van der Waals surface area contributed by atoms with Gasteiger partial charge in [-0.15, -0.1) is 0 Å². The summed E-state index contributed by atoms with van der Waals surface area (Å²) in [6, 6.07) is 4.26. The summed E-state index contributed by atoms with van der Waals surface area (Å²) in [6.07, 6.45) is 0. The average molecular weight is 293 g/mol. The summed E-state index contributed by atoms with van der Waals surface area (Å²) in [5.41, 5.74) is 5.21. The summed E-state index contributed by atoms with van der Waals surface area (Å²) in [6.45, 7) is 3.48. The lowest BCUT2D eigenvalue weighted by molar-refractivity contribution is 0.163. The number of aliphatic hydroxyl groups excluding tert-OH is 1. The molecule has 1 aromatic carbocycles. The molecule has 5 nitrogen and oxygen atoms in total. The van der Waals surface area contributed by atoms with Crippen LogP contribution in [0.2, 0.25) is 5.02 Å². The van der Waals surface area contributed by atoms with Crippen LogP contribution in [0.5, 0.6) is 0 Å². The Labute approximate surface area is 112 Å². The van der Waals surface area contributed by atoms with Gasteiger partial charge in [0.15, 0.2) is 0 Å². The number of halogens is 1. The number of hydrogen-bond acceptors (Lipinski definition) is 4. The largest absolute Gasteiger partial charge is 0.398 e. The molecule has 0 aliphatic heterocycles. The van der Waals surface area contributed by atoms with Crippen molar-refractivity contribution < 1.29 is 13.5 Å². The minimum absolute atomic E-state index is 0.0521. The highest BCUT2D eigenvalue weighted by Crippen LogP contribution is 2.23. The Morgan fingerprint density at radius 3 is 2.61 bits per heavy atom. The van der Waals surface area contributed by atoms with E-state index in [2.05, 4.69) is 4.72 Å². The second kappa shape index (κ2) is 5.44. The van der Waals surface area contributed by atoms with Crippen LogP contribution >= 0.6 is 11.6 Å². The highest BCUT2D eigenvalue weighted by molar-refractivity contribution is 7.89. The van der Waals surface area contributed by atoms with Gasteiger partial charge in [-0.2, -0.15) is 0 Å². The van der Waals surface area contributed by atoms with E-state index in [1.165, 1.54) is 18.2 Å². The van der Waals surface area contributed by atoms with E-state index in [1.807, 2.05) is 0 Å². The van der Waals surface area contributed by atoms with Crippen LogP contribution in [0.1, 0.15) is 13.8 Å². The second-order valence-corrected chi connectivity index (χ2v) is 7.00. The van der Waals surface area contributed by atoms with Crippen molar-refractivity contribution in [3.8, 4) is 0 Å². The Hall–Kier alpha value is -0.820. The van der Waals surface area contributed by atoms with Crippen LogP contribution in [-0.2, 0) is 10.0 Å². The third-order valence-electron chi connectivity index (χ3n) is 2.43. The van der Waals surface area contributed by atoms with E-state index in [-0.39, 0.29) is 23.7 Å². The molecule has 4 N–H and O–H groups in total. The first-order chi connectivity index (χ1) is 8.18. The Bertz CT molecular complexity index is 529. The molecule has 0 saturated carbocycles. The van der Waals surface area contributed by atoms with Crippen molar-refractivity contribution in [2.75, 3.05) is 18.9 Å². The number of nitrogens with two attached hydrogens (primary N) is 1. The van der Waals surface area contributed by atoms with Gasteiger partial charge >= 0.3 is 0 Å². The minimum atomic E-state index is -3.73. The van der Waals surface area contributed by atoms with Crippen molar-refractivity contribution >= 4 is 27.3 Å². The van der Waals surface area contributed by atoms with Gasteiger partial charge in [0, 0.05) is 23.6 Å². The summed E-state index contributed by atoms with van der Waals surface area (Å²) in [5.74, 6) is 0. The third-order valence-corrected chi connectivity index (χ3v) is 4.13. The molecule has 0 radical (unpaired) electrons. The minimum Gasteiger partial charge on any atom is -0.398 e. The number of rotatable bonds is 5. The smallest absolute Gasteiger partial charge is 0.242 e. The average Bonchev–Trinajstić information content (AvgIpc) is 2.30. The third kappa shape index (κ3) is 3.84. The molecule has 0 saturated heterocycles. The predicted octanol–water partition coefficient (Wildman–Crippen LogP) is 1.22. The van der Waals surface area contributed by atoms with E-state index >= 15 is 0 Å². The van der Waals surface area contributed by atoms with Gasteiger partial charge in [-0.05, 0) is 18.2 Å². The van der Waals surface area contributed by atoms with Gasteiger partial charge in [0.25, 0.3) is 0 Å². The monoisotopic (exact) mass is 292 g/mol. The highest BCUT2D eigenvalue weighted by Gasteiger charge is 2.23. The van der Waals surface area contributed by atoms with Crippen LogP contribution in [0, 0.1) is 5.41 Å². The Balaban J connectivity index is 2.97. The number of hydrogen-bond donors (Lipinski definition) is 3. The summed E-state index contributed by atoms with van der Waals surface area (Å²) < 4.78 is 26.5. The zero-order chi connectivity index (χ0) is 14.0. The fourth-order valence-corrected chi connectivity index (χ4v) is 2.80. The van der Waals surface area contributed by atoms with E-state index in [0.717, 1.165) is 0 Å². The molecule has 0 atom stereocenters. The number of aliphatic hydroxyl groups is 1. The first-order valence-electron chi connectivity index (χ1n) is 5.33. The van der Waals surface area contributed by atoms with Gasteiger partial charge in [0.2, 0.25) is 10.0 Å². The molecule has 7 heteroatoms. The van der Waals surface area contributed by atoms with Gasteiger partial charge in [-0.25, -0.2) is 13.1 Å². The topological polar surface area (TPSA) is 92.4 Å². The van der Waals surface area contributed by atoms with Crippen molar-refractivity contribution in [2.45, 2.75) is 18.7 Å². The van der Waals surface area contributed by atoms with E-state index < -0.39 is 15.4 Å². The SMILES string of the molecule is CC(C)(CO)CNS(=O)(=O)c1cc(Cl)ccc1N. The summed E-state index contributed by atoms with van der Waals surface area (Å²) in [4.78, 5) is -0.0521. The molecule has 0 unspecified atom stereocenters. The number of benzene rings is 1. The zero-order valence-corrected chi connectivity index (χ0v) is 11.8. The van der Waals surface area contributed by atoms with Crippen molar-refractivity contribution in [1.82, 2.24) is 4.72 Å². The number of nitrogen functional groups attached to an aromatic ring is 1. The number of nitrogens with one attached hydrogen (secondary N) is 1. The van der Waals surface area contributed by atoms with Crippen LogP contribution in [0.3, 0.4) is 0 Å². The summed E-state index contributed by atoms with van der Waals surface area (Å²) >= 11 is 5.75. The maximum Gasteiger partial charge on any atom is 0.242 e. The van der Waals surface area contributed by atoms with Gasteiger partial charge in [-0.1, -0.05) is 25.4 Å². The van der Waals surface area contributed by atoms with Crippen LogP contribution in [0.25, 0.3) is 0 Å². The van der Waals surface area contributed by atoms with Crippen LogP contribution in [-0.4, -0.2) is 26.7 Å². The van der Waals surface area contributed by atoms with Crippen LogP contribution in [0.4, 0.5) is 5.69 Å². The molecule has 0 heterocycles. The van der Waals surface area contributed by atoms with E-state index in [9.17, 15) is 8.42 Å². The van der Waals surface area contributed by atoms with Gasteiger partial charge in [-0.3, -0.25) is 0 Å². The maximum atomic E-state index is 12.0. The first kappa shape index (κ1) is 15.2. The molecule has 0 bridgehead atoms. The molecule has 0 aromatic heterocycles. The number of anilines is 1. The molecule has 0 aliphatic rings. The van der Waals surface area contributed by atoms with E-state index in [0.29, 0.717) is 5.02 Å². The Morgan fingerprint density at radius 2 is 2.06 bits per heavy atom. The second-order valence-electron chi connectivity index (χ2n) is 4.83. The zero-order valence-electron chi connectivity index (χ0n) is 10.3. The van der Waals surface area contributed by atoms with Crippen LogP contribution < -0.4 is 10.5 Å². The first-order valence-corrected chi connectivity index (χ1v) is 7.20. The van der Waals surface area contributed by atoms with Crippen molar-refractivity contribution in [3.05, 3.63) is 23.2 Å². The normalized spacial score (nSPS) is 12.7. The molecule has 1 rings (SSSR count). The van der Waals surface area contributed by atoms with Gasteiger partial charge in [0.05, 0.1) is 5.69 Å². The molecular weight excluding hydrogens is 276 g/mol. The molecule has 18 heavy (non-hydrogen) atoms. The standard InChI is InChI=1S/C11H17ClN2O3S/c1-11(2,7-15)6-14-18(16,17)10-5-8(12)3-4-9(10)13/h3-5,14-15H,6-7,13H2,1-2H3. The predicted molar refractivity (Wildman–Crippen MR) is 71.9 cm³/mol. The fraction of sp³-hybridized carbons (Fsp3) is 0.455. The van der Waals surface area contributed by atoms with Crippen molar-refractivity contribution in [3.63, 3.8) is 0 Å². The van der Waals surface area contributed by atoms with Crippen molar-refractivity contribution in [1.29, 1.82) is 0 Å². The van der Waals surface area contributed by atoms with Crippen LogP contribution in [0.15, 0.2) is 23.1 Å². The molecule has 0 aliphatic carbocycles. The van der Waals surface area contributed by atoms with Gasteiger partial charge in [0.1, 0.15) is 4.90 Å². The number of sulfonamides is 1. The molecular formula is C11H17ClN2O3S. The van der Waals surface area contributed by atoms with Gasteiger partial charge < -0.3 is 10.8 Å². The lowest BCUT2D eigenvalue weighted by Crippen LogP contribution is -2.36. The van der Waals surface area contributed by atoms with E-state index in [4.69, 9.17) is 22.4 Å². The molecule has 0 spiro atoms. The molecule has 1 aromatic rings. The van der Waals surface area contributed by atoms with Crippen molar-refractivity contribution in [2.24, 2.45) is 5.41 Å². The molecule has 0 amide bonds. The fourth-order valence-electron chi connectivity index (χ4n) is 1.16. The summed E-state index contributed by atoms with van der Waals surface area (Å²) in [7, 11) is -3.73. The lowest BCUT2D eigenvalue weighted by atomic mass is 9.96. The maximum absolute atomic E-state index is 12.0. The quantitative estimate of drug-likeness (QED) is 0.712. The lowest BCUT2D eigenvalue weighted by Gasteiger charge is -2.22.